The van der Waals surface area contributed by atoms with E-state index in [1.807, 2.05) is 30.3 Å². The number of benzene rings is 3. The highest BCUT2D eigenvalue weighted by Gasteiger charge is 2.10. The second-order valence-corrected chi connectivity index (χ2v) is 9.10. The average Bonchev–Trinajstić information content (AvgIpc) is 2.91. The van der Waals surface area contributed by atoms with Gasteiger partial charge in [-0.2, -0.15) is 0 Å². The van der Waals surface area contributed by atoms with Crippen LogP contribution in [0.25, 0.3) is 11.1 Å². The summed E-state index contributed by atoms with van der Waals surface area (Å²) in [5.41, 5.74) is 4.21. The fourth-order valence-corrected chi connectivity index (χ4v) is 4.04. The molecule has 0 bridgehead atoms. The van der Waals surface area contributed by atoms with Crippen molar-refractivity contribution in [3.63, 3.8) is 0 Å². The fraction of sp³-hybridized carbons (Fsp3) is 0.400. The maximum atomic E-state index is 10.3. The highest BCUT2D eigenvalue weighted by Crippen LogP contribution is 2.24. The largest absolute Gasteiger partial charge is 0.508 e. The Bertz CT molecular complexity index is 1070. The number of hydrogen-bond donors (Lipinski definition) is 5. The van der Waals surface area contributed by atoms with E-state index >= 15 is 0 Å². The van der Waals surface area contributed by atoms with Gasteiger partial charge in [0.1, 0.15) is 11.5 Å². The minimum Gasteiger partial charge on any atom is -0.508 e. The van der Waals surface area contributed by atoms with Crippen molar-refractivity contribution in [2.24, 2.45) is 0 Å². The molecule has 0 radical (unpaired) electrons. The smallest absolute Gasteiger partial charge is 0.121 e. The molecular formula is C30H39NO6. The quantitative estimate of drug-likeness (QED) is 0.168. The van der Waals surface area contributed by atoms with Gasteiger partial charge in [-0.1, -0.05) is 49.2 Å². The molecule has 0 saturated heterocycles. The zero-order chi connectivity index (χ0) is 26.3. The number of nitrogens with one attached hydrogen (secondary N) is 1. The van der Waals surface area contributed by atoms with E-state index < -0.39 is 6.10 Å². The zero-order valence-corrected chi connectivity index (χ0v) is 21.3. The van der Waals surface area contributed by atoms with E-state index in [1.165, 1.54) is 6.07 Å². The number of ether oxygens (including phenoxy) is 2. The molecule has 0 fully saturated rings. The Hall–Kier alpha value is -2.94. The lowest BCUT2D eigenvalue weighted by atomic mass is 10.0. The van der Waals surface area contributed by atoms with Crippen LogP contribution in [0.2, 0.25) is 0 Å². The summed E-state index contributed by atoms with van der Waals surface area (Å²) in [7, 11) is 0. The van der Waals surface area contributed by atoms with Gasteiger partial charge in [0.15, 0.2) is 0 Å². The number of aliphatic hydroxyl groups is 2. The highest BCUT2D eigenvalue weighted by molar-refractivity contribution is 5.65. The summed E-state index contributed by atoms with van der Waals surface area (Å²) >= 11 is 0. The first-order valence-electron chi connectivity index (χ1n) is 12.9. The van der Waals surface area contributed by atoms with Crippen molar-refractivity contribution in [3.8, 4) is 22.6 Å². The van der Waals surface area contributed by atoms with Crippen molar-refractivity contribution in [2.45, 2.75) is 45.0 Å². The lowest BCUT2D eigenvalue weighted by Crippen LogP contribution is -2.22. The minimum atomic E-state index is -0.677. The first-order valence-corrected chi connectivity index (χ1v) is 12.9. The molecule has 3 aromatic carbocycles. The van der Waals surface area contributed by atoms with Crippen molar-refractivity contribution in [2.75, 3.05) is 32.9 Å². The Labute approximate surface area is 219 Å². The Morgan fingerprint density at radius 2 is 1.51 bits per heavy atom. The molecule has 200 valence electrons. The summed E-state index contributed by atoms with van der Waals surface area (Å²) < 4.78 is 11.4. The number of hydrogen-bond acceptors (Lipinski definition) is 7. The number of phenolic OH excluding ortho intramolecular Hbond substituents is 1. The second-order valence-electron chi connectivity index (χ2n) is 9.10. The van der Waals surface area contributed by atoms with Gasteiger partial charge < -0.3 is 35.2 Å². The van der Waals surface area contributed by atoms with E-state index in [-0.39, 0.29) is 18.1 Å². The molecule has 1 atom stereocenters. The molecule has 5 N–H and O–H groups in total. The molecule has 0 spiro atoms. The SMILES string of the molecule is OCc1cc([C@@H](O)CNCCCCCCOCCOCc2cccc(-c3cccc(O)c3)c2)ccc1O. The van der Waals surface area contributed by atoms with Crippen LogP contribution in [-0.4, -0.2) is 53.3 Å². The van der Waals surface area contributed by atoms with E-state index in [0.717, 1.165) is 55.5 Å². The zero-order valence-electron chi connectivity index (χ0n) is 21.3. The molecule has 3 aromatic rings. The number of phenols is 2. The molecule has 3 rings (SSSR count). The van der Waals surface area contributed by atoms with Gasteiger partial charge in [0.25, 0.3) is 0 Å². The monoisotopic (exact) mass is 509 g/mol. The fourth-order valence-electron chi connectivity index (χ4n) is 4.04. The summed E-state index contributed by atoms with van der Waals surface area (Å²) in [6, 6.07) is 20.1. The third-order valence-corrected chi connectivity index (χ3v) is 6.14. The minimum absolute atomic E-state index is 0.0378. The number of unbranched alkanes of at least 4 members (excludes halogenated alkanes) is 3. The van der Waals surface area contributed by atoms with Crippen LogP contribution < -0.4 is 5.32 Å². The number of aromatic hydroxyl groups is 2. The van der Waals surface area contributed by atoms with E-state index in [0.29, 0.717) is 37.5 Å². The second kappa shape index (κ2) is 16.0. The molecule has 7 heteroatoms. The van der Waals surface area contributed by atoms with Gasteiger partial charge in [0, 0.05) is 18.7 Å². The summed E-state index contributed by atoms with van der Waals surface area (Å²) in [6.07, 6.45) is 3.53. The molecule has 37 heavy (non-hydrogen) atoms. The van der Waals surface area contributed by atoms with Gasteiger partial charge in [-0.05, 0) is 72.0 Å². The van der Waals surface area contributed by atoms with Crippen LogP contribution in [-0.2, 0) is 22.7 Å². The topological polar surface area (TPSA) is 111 Å². The van der Waals surface area contributed by atoms with Crippen molar-refractivity contribution in [1.29, 1.82) is 0 Å². The summed E-state index contributed by atoms with van der Waals surface area (Å²) in [4.78, 5) is 0. The van der Waals surface area contributed by atoms with E-state index in [1.54, 1.807) is 24.3 Å². The standard InChI is InChI=1S/C30H39NO6/c32-21-27-18-26(11-12-29(27)34)30(35)20-31-13-3-1-2-4-14-36-15-16-37-22-23-7-5-8-24(17-23)25-9-6-10-28(33)19-25/h5-12,17-19,30-35H,1-4,13-16,20-22H2/t30-/m0/s1. The number of aliphatic hydroxyl groups excluding tert-OH is 2. The Kier molecular flexibility index (Phi) is 12.4. The lowest BCUT2D eigenvalue weighted by Gasteiger charge is -2.14. The van der Waals surface area contributed by atoms with Gasteiger partial charge >= 0.3 is 0 Å². The van der Waals surface area contributed by atoms with Gasteiger partial charge in [0.05, 0.1) is 32.5 Å². The lowest BCUT2D eigenvalue weighted by molar-refractivity contribution is 0.0393. The van der Waals surface area contributed by atoms with Crippen LogP contribution in [0.3, 0.4) is 0 Å². The summed E-state index contributed by atoms with van der Waals surface area (Å²) in [5.74, 6) is 0.296. The van der Waals surface area contributed by atoms with Gasteiger partial charge in [-0.15, -0.1) is 0 Å². The first kappa shape index (κ1) is 28.6. The van der Waals surface area contributed by atoms with Crippen molar-refractivity contribution in [3.05, 3.63) is 83.4 Å². The predicted octanol–water partition coefficient (Wildman–Crippen LogP) is 4.67. The average molecular weight is 510 g/mol. The van der Waals surface area contributed by atoms with Gasteiger partial charge in [-0.3, -0.25) is 0 Å². The summed E-state index contributed by atoms with van der Waals surface area (Å²) in [5, 5.41) is 42.0. The summed E-state index contributed by atoms with van der Waals surface area (Å²) in [6.45, 7) is 3.35. The molecule has 0 heterocycles. The van der Waals surface area contributed by atoms with Crippen molar-refractivity contribution in [1.82, 2.24) is 5.32 Å². The third-order valence-electron chi connectivity index (χ3n) is 6.14. The van der Waals surface area contributed by atoms with Crippen LogP contribution in [0.1, 0.15) is 48.5 Å². The van der Waals surface area contributed by atoms with E-state index in [2.05, 4.69) is 11.4 Å². The Morgan fingerprint density at radius 1 is 0.757 bits per heavy atom. The van der Waals surface area contributed by atoms with Crippen LogP contribution >= 0.6 is 0 Å². The van der Waals surface area contributed by atoms with Crippen molar-refractivity contribution >= 4 is 0 Å². The Balaban J connectivity index is 1.16. The maximum absolute atomic E-state index is 10.3. The molecule has 0 aliphatic heterocycles. The van der Waals surface area contributed by atoms with Crippen molar-refractivity contribution < 1.29 is 29.9 Å². The molecule has 0 unspecified atom stereocenters. The van der Waals surface area contributed by atoms with Gasteiger partial charge in [0.2, 0.25) is 0 Å². The molecule has 0 saturated carbocycles. The number of rotatable bonds is 17. The highest BCUT2D eigenvalue weighted by atomic mass is 16.5. The van der Waals surface area contributed by atoms with Crippen LogP contribution in [0.15, 0.2) is 66.7 Å². The van der Waals surface area contributed by atoms with Crippen LogP contribution in [0, 0.1) is 0 Å². The van der Waals surface area contributed by atoms with E-state index in [9.17, 15) is 20.4 Å². The molecule has 7 nitrogen and oxygen atoms in total. The molecule has 0 aliphatic rings. The van der Waals surface area contributed by atoms with Crippen LogP contribution in [0.5, 0.6) is 11.5 Å². The normalized spacial score (nSPS) is 12.1. The van der Waals surface area contributed by atoms with Gasteiger partial charge in [-0.25, -0.2) is 0 Å². The molecule has 0 amide bonds. The van der Waals surface area contributed by atoms with E-state index in [4.69, 9.17) is 9.47 Å². The third kappa shape index (κ3) is 10.1. The molecule has 0 aliphatic carbocycles. The molecule has 0 aromatic heterocycles. The van der Waals surface area contributed by atoms with Crippen LogP contribution in [0.4, 0.5) is 0 Å². The molecular weight excluding hydrogens is 470 g/mol. The predicted molar refractivity (Wildman–Crippen MR) is 144 cm³/mol. The first-order chi connectivity index (χ1) is 18.1. The Morgan fingerprint density at radius 3 is 2.32 bits per heavy atom. The maximum Gasteiger partial charge on any atom is 0.121 e.